The van der Waals surface area contributed by atoms with Gasteiger partial charge in [0.2, 0.25) is 0 Å². The van der Waals surface area contributed by atoms with Crippen LogP contribution in [0.3, 0.4) is 0 Å². The number of aryl methyl sites for hydroxylation is 1. The number of rotatable bonds is 1. The molecule has 0 aromatic heterocycles. The summed E-state index contributed by atoms with van der Waals surface area (Å²) >= 11 is 5.33. The van der Waals surface area contributed by atoms with E-state index in [1.165, 1.54) is 5.56 Å². The Labute approximate surface area is 60.5 Å². The molecule has 0 atom stereocenters. The maximum Gasteiger partial charge on any atom is 0.120 e. The van der Waals surface area contributed by atoms with Crippen molar-refractivity contribution in [2.75, 3.05) is 0 Å². The van der Waals surface area contributed by atoms with Crippen molar-refractivity contribution in [3.05, 3.63) is 41.3 Å². The monoisotopic (exact) mass is 138 g/mol. The zero-order valence-electron chi connectivity index (χ0n) is 5.19. The molecule has 9 heavy (non-hydrogen) atoms. The summed E-state index contributed by atoms with van der Waals surface area (Å²) in [6, 6.07) is 7.88. The number of benzene rings is 1. The number of halogens is 1. The molecule has 0 heterocycles. The first kappa shape index (κ1) is 6.63. The van der Waals surface area contributed by atoms with Gasteiger partial charge in [0.15, 0.2) is 0 Å². The van der Waals surface area contributed by atoms with E-state index in [4.69, 9.17) is 11.6 Å². The van der Waals surface area contributed by atoms with Crippen LogP contribution >= 0.6 is 11.6 Å². The van der Waals surface area contributed by atoms with E-state index in [9.17, 15) is 0 Å². The highest BCUT2D eigenvalue weighted by Gasteiger charge is 1.87. The van der Waals surface area contributed by atoms with Gasteiger partial charge in [0.05, 0.1) is 0 Å². The molecule has 0 unspecified atom stereocenters. The van der Waals surface area contributed by atoms with Gasteiger partial charge in [0, 0.05) is 0 Å². The second-order valence-corrected chi connectivity index (χ2v) is 2.15. The highest BCUT2D eigenvalue weighted by Crippen LogP contribution is 2.06. The molecule has 0 aliphatic carbocycles. The Bertz CT molecular complexity index is 176. The van der Waals surface area contributed by atoms with E-state index in [1.807, 2.05) is 31.2 Å². The normalized spacial score (nSPS) is 9.56. The number of hydrogen-bond donors (Lipinski definition) is 0. The Balaban J connectivity index is 2.88. The fourth-order valence-electron chi connectivity index (χ4n) is 0.617. The second kappa shape index (κ2) is 2.88. The van der Waals surface area contributed by atoms with Gasteiger partial charge in [-0.15, -0.1) is 11.6 Å². The predicted molar refractivity (Wildman–Crippen MR) is 39.4 cm³/mol. The van der Waals surface area contributed by atoms with Gasteiger partial charge in [-0.05, 0) is 12.5 Å². The van der Waals surface area contributed by atoms with Gasteiger partial charge in [0.25, 0.3) is 0 Å². The molecule has 1 aromatic carbocycles. The minimum absolute atomic E-state index is 0.933. The van der Waals surface area contributed by atoms with E-state index in [1.54, 1.807) is 0 Å². The molecule has 0 saturated heterocycles. The summed E-state index contributed by atoms with van der Waals surface area (Å²) in [6.45, 7) is 2.04. The van der Waals surface area contributed by atoms with Crippen LogP contribution < -0.4 is 0 Å². The first-order valence-electron chi connectivity index (χ1n) is 2.76. The summed E-state index contributed by atoms with van der Waals surface area (Å²) in [4.78, 5) is 0. The van der Waals surface area contributed by atoms with Crippen molar-refractivity contribution in [1.29, 1.82) is 0 Å². The molecule has 0 N–H and O–H groups in total. The lowest BCUT2D eigenvalue weighted by atomic mass is 10.2. The Kier molecular flexibility index (Phi) is 2.12. The molecule has 0 saturated carbocycles. The van der Waals surface area contributed by atoms with E-state index in [0.29, 0.717) is 0 Å². The maximum absolute atomic E-state index is 5.33. The van der Waals surface area contributed by atoms with Crippen LogP contribution in [0.5, 0.6) is 0 Å². The average Bonchev–Trinajstić information content (AvgIpc) is 1.90. The van der Waals surface area contributed by atoms with Crippen LogP contribution in [0.4, 0.5) is 0 Å². The van der Waals surface area contributed by atoms with Gasteiger partial charge in [-0.2, -0.15) is 0 Å². The van der Waals surface area contributed by atoms with Crippen molar-refractivity contribution >= 4 is 11.6 Å². The zero-order chi connectivity index (χ0) is 6.69. The first-order chi connectivity index (χ1) is 4.33. The first-order valence-corrected chi connectivity index (χ1v) is 3.14. The third-order valence-electron chi connectivity index (χ3n) is 1.16. The van der Waals surface area contributed by atoms with Crippen molar-refractivity contribution in [3.8, 4) is 0 Å². The summed E-state index contributed by atoms with van der Waals surface area (Å²) < 4.78 is 0. The smallest absolute Gasteiger partial charge is 0.109 e. The lowest BCUT2D eigenvalue weighted by molar-refractivity contribution is 1.44. The fourth-order valence-corrected chi connectivity index (χ4v) is 0.743. The van der Waals surface area contributed by atoms with E-state index in [-0.39, 0.29) is 0 Å². The molecule has 0 bridgehead atoms. The third-order valence-corrected chi connectivity index (χ3v) is 1.38. The van der Waals surface area contributed by atoms with Crippen molar-refractivity contribution in [3.63, 3.8) is 0 Å². The third kappa shape index (κ3) is 1.72. The second-order valence-electron chi connectivity index (χ2n) is 1.96. The molecule has 0 aliphatic heterocycles. The van der Waals surface area contributed by atoms with Crippen LogP contribution in [0.15, 0.2) is 24.3 Å². The van der Waals surface area contributed by atoms with Crippen molar-refractivity contribution in [2.24, 2.45) is 0 Å². The highest BCUT2D eigenvalue weighted by molar-refractivity contribution is 6.25. The Hall–Kier alpha value is -0.490. The molecule has 1 aromatic rings. The van der Waals surface area contributed by atoms with Crippen LogP contribution in [0.2, 0.25) is 0 Å². The molecular weight excluding hydrogens is 132 g/mol. The highest BCUT2D eigenvalue weighted by atomic mass is 35.5. The molecule has 2 radical (unpaired) electrons. The molecule has 1 rings (SSSR count). The Morgan fingerprint density at radius 3 is 2.22 bits per heavy atom. The molecule has 0 aliphatic rings. The van der Waals surface area contributed by atoms with E-state index < -0.39 is 0 Å². The maximum atomic E-state index is 5.33. The van der Waals surface area contributed by atoms with Crippen LogP contribution in [-0.2, 0) is 0 Å². The van der Waals surface area contributed by atoms with Gasteiger partial charge in [-0.25, -0.2) is 0 Å². The molecule has 0 nitrogen and oxygen atoms in total. The predicted octanol–water partition coefficient (Wildman–Crippen LogP) is 2.62. The minimum atomic E-state index is 0.933. The molecule has 0 spiro atoms. The van der Waals surface area contributed by atoms with Crippen LogP contribution in [0, 0.1) is 12.8 Å². The molecular formula is C8H7Cl. The summed E-state index contributed by atoms with van der Waals surface area (Å²) in [5, 5.41) is 0. The molecule has 0 fully saturated rings. The quantitative estimate of drug-likeness (QED) is 0.560. The molecule has 0 amide bonds. The van der Waals surface area contributed by atoms with Crippen LogP contribution in [-0.4, -0.2) is 0 Å². The number of hydrogen-bond acceptors (Lipinski definition) is 0. The van der Waals surface area contributed by atoms with Crippen molar-refractivity contribution < 1.29 is 0 Å². The fraction of sp³-hybridized carbons (Fsp3) is 0.125. The SMILES string of the molecule is Cc1ccc([C]Cl)cc1. The summed E-state index contributed by atoms with van der Waals surface area (Å²) in [5.74, 6) is 2.53. The minimum Gasteiger partial charge on any atom is -0.109 e. The van der Waals surface area contributed by atoms with Gasteiger partial charge >= 0.3 is 0 Å². The average molecular weight is 139 g/mol. The molecule has 46 valence electrons. The van der Waals surface area contributed by atoms with Crippen LogP contribution in [0.25, 0.3) is 0 Å². The summed E-state index contributed by atoms with van der Waals surface area (Å²) in [6.07, 6.45) is 0. The topological polar surface area (TPSA) is 0 Å². The van der Waals surface area contributed by atoms with Crippen molar-refractivity contribution in [2.45, 2.75) is 6.92 Å². The van der Waals surface area contributed by atoms with Gasteiger partial charge < -0.3 is 0 Å². The van der Waals surface area contributed by atoms with Gasteiger partial charge in [-0.1, -0.05) is 29.8 Å². The summed E-state index contributed by atoms with van der Waals surface area (Å²) in [5.41, 5.74) is 2.17. The lowest BCUT2D eigenvalue weighted by Gasteiger charge is -1.92. The van der Waals surface area contributed by atoms with Crippen molar-refractivity contribution in [1.82, 2.24) is 0 Å². The van der Waals surface area contributed by atoms with Crippen LogP contribution in [0.1, 0.15) is 11.1 Å². The standard InChI is InChI=1S/C8H7Cl/c1-7-2-4-8(6-9)5-3-7/h2-5H,1H3. The summed E-state index contributed by atoms with van der Waals surface area (Å²) in [7, 11) is 0. The van der Waals surface area contributed by atoms with Gasteiger partial charge in [0.1, 0.15) is 5.88 Å². The lowest BCUT2D eigenvalue weighted by Crippen LogP contribution is -1.74. The Morgan fingerprint density at radius 1 is 1.22 bits per heavy atom. The zero-order valence-corrected chi connectivity index (χ0v) is 5.94. The van der Waals surface area contributed by atoms with E-state index in [2.05, 4.69) is 5.88 Å². The van der Waals surface area contributed by atoms with E-state index >= 15 is 0 Å². The largest absolute Gasteiger partial charge is 0.120 e. The van der Waals surface area contributed by atoms with E-state index in [0.717, 1.165) is 5.56 Å². The van der Waals surface area contributed by atoms with Gasteiger partial charge in [-0.3, -0.25) is 0 Å². The Morgan fingerprint density at radius 2 is 1.78 bits per heavy atom. The molecule has 1 heteroatoms.